The topological polar surface area (TPSA) is 33.1 Å². The maximum absolute atomic E-state index is 4.27. The van der Waals surface area contributed by atoms with Crippen molar-refractivity contribution in [2.45, 2.75) is 58.0 Å². The number of aryl methyl sites for hydroxylation is 1. The summed E-state index contributed by atoms with van der Waals surface area (Å²) >= 11 is 0. The second-order valence-corrected chi connectivity index (χ2v) is 6.17. The van der Waals surface area contributed by atoms with Gasteiger partial charge in [0.1, 0.15) is 0 Å². The largest absolute Gasteiger partial charge is 0.308 e. The van der Waals surface area contributed by atoms with Crippen molar-refractivity contribution in [3.05, 3.63) is 18.0 Å². The summed E-state index contributed by atoms with van der Waals surface area (Å²) in [6.45, 7) is 10.4. The van der Waals surface area contributed by atoms with Crippen molar-refractivity contribution in [2.24, 2.45) is 7.05 Å². The van der Waals surface area contributed by atoms with Gasteiger partial charge in [-0.05, 0) is 31.2 Å². The van der Waals surface area contributed by atoms with Crippen LogP contribution in [0.1, 0.15) is 45.6 Å². The highest BCUT2D eigenvalue weighted by atomic mass is 15.3. The van der Waals surface area contributed by atoms with Crippen molar-refractivity contribution in [2.75, 3.05) is 19.6 Å². The van der Waals surface area contributed by atoms with Crippen molar-refractivity contribution in [1.29, 1.82) is 0 Å². The van der Waals surface area contributed by atoms with Crippen LogP contribution in [0.5, 0.6) is 0 Å². The van der Waals surface area contributed by atoms with Gasteiger partial charge < -0.3 is 5.32 Å². The summed E-state index contributed by atoms with van der Waals surface area (Å²) in [6, 6.07) is 0.679. The number of hydrogen-bond donors (Lipinski definition) is 1. The summed E-state index contributed by atoms with van der Waals surface area (Å²) < 4.78 is 1.90. The van der Waals surface area contributed by atoms with Gasteiger partial charge in [-0.25, -0.2) is 0 Å². The number of nitrogens with one attached hydrogen (secondary N) is 1. The molecule has 1 N–H and O–H groups in total. The fraction of sp³-hybridized carbons (Fsp3) is 0.812. The van der Waals surface area contributed by atoms with Crippen LogP contribution in [-0.2, 0) is 13.5 Å². The first-order valence-electron chi connectivity index (χ1n) is 8.09. The molecule has 1 unspecified atom stereocenters. The van der Waals surface area contributed by atoms with Crippen LogP contribution in [0.2, 0.25) is 0 Å². The highest BCUT2D eigenvalue weighted by Crippen LogP contribution is 2.24. The van der Waals surface area contributed by atoms with E-state index in [4.69, 9.17) is 0 Å². The van der Waals surface area contributed by atoms with E-state index in [1.165, 1.54) is 31.4 Å². The average Bonchev–Trinajstić information content (AvgIpc) is 2.90. The Morgan fingerprint density at radius 3 is 2.65 bits per heavy atom. The summed E-state index contributed by atoms with van der Waals surface area (Å²) in [5.41, 5.74) is 1.67. The van der Waals surface area contributed by atoms with Crippen LogP contribution in [0.3, 0.4) is 0 Å². The minimum absolute atomic E-state index is 0.320. The third-order valence-corrected chi connectivity index (χ3v) is 5.01. The predicted octanol–water partition coefficient (Wildman–Crippen LogP) is 2.21. The molecule has 0 spiro atoms. The SMILES string of the molecule is CCC1CNC(CC)(CC)CN1CCc1cnn(C)c1. The molecule has 114 valence electrons. The van der Waals surface area contributed by atoms with E-state index in [1.54, 1.807) is 0 Å². The van der Waals surface area contributed by atoms with E-state index < -0.39 is 0 Å². The Hall–Kier alpha value is -0.870. The molecular weight excluding hydrogens is 248 g/mol. The standard InChI is InChI=1S/C16H30N4/c1-5-15-11-17-16(6-2,7-3)13-20(15)9-8-14-10-18-19(4)12-14/h10,12,15,17H,5-9,11,13H2,1-4H3. The van der Waals surface area contributed by atoms with E-state index in [2.05, 4.69) is 42.3 Å². The molecule has 0 bridgehead atoms. The molecule has 0 radical (unpaired) electrons. The van der Waals surface area contributed by atoms with Crippen LogP contribution in [0.25, 0.3) is 0 Å². The third kappa shape index (κ3) is 3.41. The van der Waals surface area contributed by atoms with Gasteiger partial charge in [0.2, 0.25) is 0 Å². The molecule has 2 heterocycles. The molecule has 1 aromatic heterocycles. The Balaban J connectivity index is 1.98. The normalized spacial score (nSPS) is 23.1. The number of hydrogen-bond acceptors (Lipinski definition) is 3. The minimum Gasteiger partial charge on any atom is -0.308 e. The number of aromatic nitrogens is 2. The molecule has 1 saturated heterocycles. The van der Waals surface area contributed by atoms with Crippen molar-refractivity contribution >= 4 is 0 Å². The van der Waals surface area contributed by atoms with Gasteiger partial charge in [-0.15, -0.1) is 0 Å². The zero-order valence-electron chi connectivity index (χ0n) is 13.5. The first kappa shape index (κ1) is 15.5. The quantitative estimate of drug-likeness (QED) is 0.866. The van der Waals surface area contributed by atoms with Gasteiger partial charge >= 0.3 is 0 Å². The molecule has 0 amide bonds. The lowest BCUT2D eigenvalue weighted by atomic mass is 9.88. The van der Waals surface area contributed by atoms with Gasteiger partial charge in [-0.3, -0.25) is 9.58 Å². The summed E-state index contributed by atoms with van der Waals surface area (Å²) in [7, 11) is 1.99. The molecule has 1 aliphatic heterocycles. The number of nitrogens with zero attached hydrogens (tertiary/aromatic N) is 3. The summed E-state index contributed by atoms with van der Waals surface area (Å²) in [4.78, 5) is 2.69. The molecule has 0 aliphatic carbocycles. The van der Waals surface area contributed by atoms with Crippen LogP contribution in [0, 0.1) is 0 Å². The molecule has 0 saturated carbocycles. The number of piperazine rings is 1. The molecule has 20 heavy (non-hydrogen) atoms. The molecule has 1 aromatic rings. The Morgan fingerprint density at radius 1 is 1.35 bits per heavy atom. The molecule has 4 heteroatoms. The fourth-order valence-corrected chi connectivity index (χ4v) is 3.30. The van der Waals surface area contributed by atoms with E-state index in [-0.39, 0.29) is 0 Å². The third-order valence-electron chi connectivity index (χ3n) is 5.01. The average molecular weight is 278 g/mol. The second kappa shape index (κ2) is 6.72. The van der Waals surface area contributed by atoms with Crippen molar-refractivity contribution in [1.82, 2.24) is 20.0 Å². The molecule has 1 aliphatic rings. The zero-order chi connectivity index (χ0) is 14.6. The van der Waals surface area contributed by atoms with Gasteiger partial charge in [0.25, 0.3) is 0 Å². The zero-order valence-corrected chi connectivity index (χ0v) is 13.5. The number of rotatable bonds is 6. The summed E-state index contributed by atoms with van der Waals surface area (Å²) in [5.74, 6) is 0. The van der Waals surface area contributed by atoms with E-state index in [0.29, 0.717) is 11.6 Å². The minimum atomic E-state index is 0.320. The molecule has 1 atom stereocenters. The van der Waals surface area contributed by atoms with Crippen molar-refractivity contribution < 1.29 is 0 Å². The lowest BCUT2D eigenvalue weighted by Crippen LogP contribution is -2.63. The highest BCUT2D eigenvalue weighted by Gasteiger charge is 2.35. The van der Waals surface area contributed by atoms with Crippen LogP contribution >= 0.6 is 0 Å². The fourth-order valence-electron chi connectivity index (χ4n) is 3.30. The molecule has 2 rings (SSSR count). The van der Waals surface area contributed by atoms with Crippen molar-refractivity contribution in [3.63, 3.8) is 0 Å². The van der Waals surface area contributed by atoms with Crippen LogP contribution in [0.15, 0.2) is 12.4 Å². The lowest BCUT2D eigenvalue weighted by Gasteiger charge is -2.47. The monoisotopic (exact) mass is 278 g/mol. The van der Waals surface area contributed by atoms with E-state index in [0.717, 1.165) is 19.5 Å². The maximum Gasteiger partial charge on any atom is 0.0522 e. The molecular formula is C16H30N4. The molecule has 1 fully saturated rings. The van der Waals surface area contributed by atoms with Crippen LogP contribution < -0.4 is 5.32 Å². The Bertz CT molecular complexity index is 408. The first-order valence-corrected chi connectivity index (χ1v) is 8.09. The highest BCUT2D eigenvalue weighted by molar-refractivity contribution is 5.05. The van der Waals surface area contributed by atoms with E-state index in [9.17, 15) is 0 Å². The molecule has 4 nitrogen and oxygen atoms in total. The van der Waals surface area contributed by atoms with E-state index in [1.807, 2.05) is 17.9 Å². The van der Waals surface area contributed by atoms with E-state index >= 15 is 0 Å². The van der Waals surface area contributed by atoms with Gasteiger partial charge in [-0.1, -0.05) is 20.8 Å². The maximum atomic E-state index is 4.27. The molecule has 0 aromatic carbocycles. The van der Waals surface area contributed by atoms with Gasteiger partial charge in [0, 0.05) is 44.5 Å². The summed E-state index contributed by atoms with van der Waals surface area (Å²) in [6.07, 6.45) is 8.89. The smallest absolute Gasteiger partial charge is 0.0522 e. The Kier molecular flexibility index (Phi) is 5.22. The van der Waals surface area contributed by atoms with Gasteiger partial charge in [0.15, 0.2) is 0 Å². The second-order valence-electron chi connectivity index (χ2n) is 6.17. The van der Waals surface area contributed by atoms with Crippen LogP contribution in [-0.4, -0.2) is 45.9 Å². The lowest BCUT2D eigenvalue weighted by molar-refractivity contribution is 0.0716. The van der Waals surface area contributed by atoms with Crippen LogP contribution in [0.4, 0.5) is 0 Å². The first-order chi connectivity index (χ1) is 9.62. The summed E-state index contributed by atoms with van der Waals surface area (Å²) in [5, 5.41) is 8.07. The Labute approximate surface area is 123 Å². The van der Waals surface area contributed by atoms with Crippen molar-refractivity contribution in [3.8, 4) is 0 Å². The van der Waals surface area contributed by atoms with Gasteiger partial charge in [-0.2, -0.15) is 5.10 Å². The van der Waals surface area contributed by atoms with Gasteiger partial charge in [0.05, 0.1) is 6.20 Å². The Morgan fingerprint density at radius 2 is 2.10 bits per heavy atom. The predicted molar refractivity (Wildman–Crippen MR) is 83.9 cm³/mol.